The molecular formula is C18H24N2O4. The molecule has 1 aliphatic rings. The van der Waals surface area contributed by atoms with E-state index in [1.807, 2.05) is 19.9 Å². The molecule has 6 heteroatoms. The van der Waals surface area contributed by atoms with Crippen LogP contribution in [0.3, 0.4) is 0 Å². The van der Waals surface area contributed by atoms with E-state index in [9.17, 15) is 14.4 Å². The molecule has 2 atom stereocenters. The van der Waals surface area contributed by atoms with E-state index >= 15 is 0 Å². The molecule has 1 N–H and O–H groups in total. The predicted molar refractivity (Wildman–Crippen MR) is 89.3 cm³/mol. The molecule has 1 aromatic rings. The zero-order chi connectivity index (χ0) is 17.7. The molecule has 0 bridgehead atoms. The Bertz CT molecular complexity index is 600. The summed E-state index contributed by atoms with van der Waals surface area (Å²) in [4.78, 5) is 38.7. The summed E-state index contributed by atoms with van der Waals surface area (Å²) in [6, 6.07) is 7.53. The lowest BCUT2D eigenvalue weighted by molar-refractivity contribution is -0.151. The second-order valence-electron chi connectivity index (χ2n) is 6.27. The summed E-state index contributed by atoms with van der Waals surface area (Å²) in [5, 5.41) is 2.80. The van der Waals surface area contributed by atoms with Crippen LogP contribution in [0.2, 0.25) is 0 Å². The molecule has 0 aliphatic carbocycles. The van der Waals surface area contributed by atoms with Crippen molar-refractivity contribution in [3.63, 3.8) is 0 Å². The average Bonchev–Trinajstić information content (AvgIpc) is 3.08. The molecular weight excluding hydrogens is 308 g/mol. The molecule has 24 heavy (non-hydrogen) atoms. The van der Waals surface area contributed by atoms with Crippen molar-refractivity contribution in [2.24, 2.45) is 5.92 Å². The van der Waals surface area contributed by atoms with Crippen molar-refractivity contribution < 1.29 is 19.1 Å². The van der Waals surface area contributed by atoms with Gasteiger partial charge in [-0.25, -0.2) is 4.79 Å². The predicted octanol–water partition coefficient (Wildman–Crippen LogP) is 1.60. The topological polar surface area (TPSA) is 75.7 Å². The van der Waals surface area contributed by atoms with Crippen LogP contribution in [-0.2, 0) is 14.3 Å². The van der Waals surface area contributed by atoms with Gasteiger partial charge in [0, 0.05) is 12.1 Å². The maximum absolute atomic E-state index is 12.9. The van der Waals surface area contributed by atoms with Gasteiger partial charge in [-0.05, 0) is 30.9 Å². The molecule has 2 rings (SSSR count). The van der Waals surface area contributed by atoms with Gasteiger partial charge in [-0.3, -0.25) is 9.59 Å². The summed E-state index contributed by atoms with van der Waals surface area (Å²) in [5.41, 5.74) is 0.502. The molecule has 2 amide bonds. The fraction of sp³-hybridized carbons (Fsp3) is 0.500. The molecule has 0 spiro atoms. The maximum atomic E-state index is 12.9. The number of esters is 1. The first-order valence-corrected chi connectivity index (χ1v) is 8.20. The van der Waals surface area contributed by atoms with Gasteiger partial charge in [0.2, 0.25) is 5.91 Å². The standard InChI is InChI=1S/C18H24N2O4/c1-12(2)15(19-16(21)13-8-5-4-6-9-13)17(22)20-11-7-10-14(20)18(23)24-3/h4-6,8-9,12,14-15H,7,10-11H2,1-3H3,(H,19,21)/t14-,15?/m0/s1. The van der Waals surface area contributed by atoms with E-state index < -0.39 is 18.1 Å². The van der Waals surface area contributed by atoms with E-state index in [0.29, 0.717) is 18.5 Å². The van der Waals surface area contributed by atoms with Crippen LogP contribution in [0.25, 0.3) is 0 Å². The van der Waals surface area contributed by atoms with Crippen molar-refractivity contribution in [3.8, 4) is 0 Å². The SMILES string of the molecule is COC(=O)[C@@H]1CCCN1C(=O)C(NC(=O)c1ccccc1)C(C)C. The Morgan fingerprint density at radius 3 is 2.46 bits per heavy atom. The quantitative estimate of drug-likeness (QED) is 0.831. The van der Waals surface area contributed by atoms with Crippen LogP contribution < -0.4 is 5.32 Å². The smallest absolute Gasteiger partial charge is 0.328 e. The number of carbonyl (C=O) groups excluding carboxylic acids is 3. The highest BCUT2D eigenvalue weighted by atomic mass is 16.5. The minimum Gasteiger partial charge on any atom is -0.467 e. The van der Waals surface area contributed by atoms with E-state index in [-0.39, 0.29) is 17.7 Å². The highest BCUT2D eigenvalue weighted by Crippen LogP contribution is 2.21. The fourth-order valence-corrected chi connectivity index (χ4v) is 2.92. The molecule has 1 heterocycles. The van der Waals surface area contributed by atoms with Crippen LogP contribution >= 0.6 is 0 Å². The Balaban J connectivity index is 2.13. The van der Waals surface area contributed by atoms with Gasteiger partial charge >= 0.3 is 5.97 Å². The van der Waals surface area contributed by atoms with Crippen molar-refractivity contribution in [2.45, 2.75) is 38.8 Å². The van der Waals surface area contributed by atoms with Crippen LogP contribution in [0.5, 0.6) is 0 Å². The first-order valence-electron chi connectivity index (χ1n) is 8.20. The molecule has 130 valence electrons. The summed E-state index contributed by atoms with van der Waals surface area (Å²) in [5.74, 6) is -1.03. The Morgan fingerprint density at radius 2 is 1.88 bits per heavy atom. The molecule has 1 unspecified atom stereocenters. The molecule has 1 aromatic carbocycles. The van der Waals surface area contributed by atoms with Crippen LogP contribution in [0.15, 0.2) is 30.3 Å². The van der Waals surface area contributed by atoms with Gasteiger partial charge in [0.1, 0.15) is 12.1 Å². The lowest BCUT2D eigenvalue weighted by Crippen LogP contribution is -2.53. The van der Waals surface area contributed by atoms with Gasteiger partial charge in [-0.1, -0.05) is 32.0 Å². The summed E-state index contributed by atoms with van der Waals surface area (Å²) < 4.78 is 4.79. The largest absolute Gasteiger partial charge is 0.467 e. The van der Waals surface area contributed by atoms with Gasteiger partial charge < -0.3 is 15.0 Å². The Hall–Kier alpha value is -2.37. The summed E-state index contributed by atoms with van der Waals surface area (Å²) in [6.07, 6.45) is 1.35. The van der Waals surface area contributed by atoms with Gasteiger partial charge in [-0.15, -0.1) is 0 Å². The first kappa shape index (κ1) is 18.0. The molecule has 1 saturated heterocycles. The van der Waals surface area contributed by atoms with Crippen molar-refractivity contribution in [3.05, 3.63) is 35.9 Å². The normalized spacial score (nSPS) is 18.3. The van der Waals surface area contributed by atoms with Crippen LogP contribution in [-0.4, -0.2) is 48.4 Å². The third-order valence-electron chi connectivity index (χ3n) is 4.26. The van der Waals surface area contributed by atoms with E-state index in [1.54, 1.807) is 24.3 Å². The van der Waals surface area contributed by atoms with Crippen LogP contribution in [0.4, 0.5) is 0 Å². The third kappa shape index (κ3) is 3.93. The molecule has 0 aromatic heterocycles. The zero-order valence-electron chi connectivity index (χ0n) is 14.3. The van der Waals surface area contributed by atoms with E-state index in [4.69, 9.17) is 4.74 Å². The molecule has 0 radical (unpaired) electrons. The van der Waals surface area contributed by atoms with E-state index in [2.05, 4.69) is 5.32 Å². The highest BCUT2D eigenvalue weighted by molar-refractivity contribution is 5.98. The lowest BCUT2D eigenvalue weighted by Gasteiger charge is -2.29. The number of amides is 2. The second-order valence-corrected chi connectivity index (χ2v) is 6.27. The van der Waals surface area contributed by atoms with E-state index in [0.717, 1.165) is 6.42 Å². The molecule has 6 nitrogen and oxygen atoms in total. The number of carbonyl (C=O) groups is 3. The summed E-state index contributed by atoms with van der Waals surface area (Å²) in [6.45, 7) is 4.25. The van der Waals surface area contributed by atoms with Crippen LogP contribution in [0.1, 0.15) is 37.0 Å². The van der Waals surface area contributed by atoms with Crippen molar-refractivity contribution in [1.82, 2.24) is 10.2 Å². The summed E-state index contributed by atoms with van der Waals surface area (Å²) in [7, 11) is 1.32. The minimum absolute atomic E-state index is 0.0935. The number of nitrogens with one attached hydrogen (secondary N) is 1. The number of nitrogens with zero attached hydrogens (tertiary/aromatic N) is 1. The van der Waals surface area contributed by atoms with Crippen molar-refractivity contribution in [1.29, 1.82) is 0 Å². The molecule has 1 aliphatic heterocycles. The van der Waals surface area contributed by atoms with Crippen LogP contribution in [0, 0.1) is 5.92 Å². The Labute approximate surface area is 142 Å². The number of likely N-dealkylation sites (tertiary alicyclic amines) is 1. The average molecular weight is 332 g/mol. The summed E-state index contributed by atoms with van der Waals surface area (Å²) >= 11 is 0. The lowest BCUT2D eigenvalue weighted by atomic mass is 10.0. The zero-order valence-corrected chi connectivity index (χ0v) is 14.3. The third-order valence-corrected chi connectivity index (χ3v) is 4.26. The van der Waals surface area contributed by atoms with Crippen molar-refractivity contribution in [2.75, 3.05) is 13.7 Å². The Morgan fingerprint density at radius 1 is 1.21 bits per heavy atom. The van der Waals surface area contributed by atoms with Gasteiger partial charge in [-0.2, -0.15) is 0 Å². The van der Waals surface area contributed by atoms with Gasteiger partial charge in [0.25, 0.3) is 5.91 Å². The number of hydrogen-bond donors (Lipinski definition) is 1. The van der Waals surface area contributed by atoms with Gasteiger partial charge in [0.15, 0.2) is 0 Å². The number of rotatable bonds is 5. The molecule has 1 fully saturated rings. The van der Waals surface area contributed by atoms with Crippen molar-refractivity contribution >= 4 is 17.8 Å². The number of methoxy groups -OCH3 is 1. The van der Waals surface area contributed by atoms with Gasteiger partial charge in [0.05, 0.1) is 7.11 Å². The molecule has 0 saturated carbocycles. The maximum Gasteiger partial charge on any atom is 0.328 e. The highest BCUT2D eigenvalue weighted by Gasteiger charge is 2.39. The second kappa shape index (κ2) is 7.95. The number of benzene rings is 1. The van der Waals surface area contributed by atoms with E-state index in [1.165, 1.54) is 12.0 Å². The number of ether oxygens (including phenoxy) is 1. The fourth-order valence-electron chi connectivity index (χ4n) is 2.92. The minimum atomic E-state index is -0.678. The Kier molecular flexibility index (Phi) is 5.95. The monoisotopic (exact) mass is 332 g/mol. The first-order chi connectivity index (χ1) is 11.5. The number of hydrogen-bond acceptors (Lipinski definition) is 4.